The van der Waals surface area contributed by atoms with E-state index in [0.717, 1.165) is 32.6 Å². The third kappa shape index (κ3) is 2.48. The molecule has 0 unspecified atom stereocenters. The van der Waals surface area contributed by atoms with E-state index in [0.29, 0.717) is 17.9 Å². The second-order valence-electron chi connectivity index (χ2n) is 4.71. The largest absolute Gasteiger partial charge is 0.396 e. The second kappa shape index (κ2) is 5.39. The molecule has 0 aliphatic carbocycles. The highest BCUT2D eigenvalue weighted by Crippen LogP contribution is 2.15. The summed E-state index contributed by atoms with van der Waals surface area (Å²) in [6, 6.07) is 0. The first-order valence-electron chi connectivity index (χ1n) is 6.42. The summed E-state index contributed by atoms with van der Waals surface area (Å²) in [5, 5.41) is 4.12. The number of aryl methyl sites for hydroxylation is 1. The number of aromatic nitrogens is 2. The predicted octanol–water partition coefficient (Wildman–Crippen LogP) is 0.263. The lowest BCUT2D eigenvalue weighted by Gasteiger charge is -2.21. The molecular weight excluding hydrogens is 230 g/mol. The van der Waals surface area contributed by atoms with E-state index in [1.807, 2.05) is 11.8 Å². The molecule has 6 heteroatoms. The standard InChI is InChI=1S/C12H21N5O/c1-3-17-11(10(13)9-14-17)12(18)16-6-4-5-15(2)7-8-16/h9H,3-8,13H2,1-2H3. The van der Waals surface area contributed by atoms with Crippen LogP contribution in [0, 0.1) is 0 Å². The fraction of sp³-hybridized carbons (Fsp3) is 0.667. The molecule has 0 spiro atoms. The molecule has 1 aliphatic rings. The highest BCUT2D eigenvalue weighted by Gasteiger charge is 2.23. The molecule has 2 rings (SSSR count). The molecule has 0 radical (unpaired) electrons. The van der Waals surface area contributed by atoms with E-state index in [1.165, 1.54) is 0 Å². The van der Waals surface area contributed by atoms with E-state index in [4.69, 9.17) is 5.73 Å². The van der Waals surface area contributed by atoms with Gasteiger partial charge in [-0.15, -0.1) is 0 Å². The normalized spacial score (nSPS) is 17.8. The number of nitrogen functional groups attached to an aromatic ring is 1. The van der Waals surface area contributed by atoms with Crippen LogP contribution < -0.4 is 5.73 Å². The summed E-state index contributed by atoms with van der Waals surface area (Å²) in [6.45, 7) is 6.10. The monoisotopic (exact) mass is 251 g/mol. The van der Waals surface area contributed by atoms with Crippen molar-refractivity contribution < 1.29 is 4.79 Å². The van der Waals surface area contributed by atoms with Crippen LogP contribution in [0.3, 0.4) is 0 Å². The quantitative estimate of drug-likeness (QED) is 0.819. The first-order chi connectivity index (χ1) is 8.63. The summed E-state index contributed by atoms with van der Waals surface area (Å²) in [7, 11) is 2.08. The van der Waals surface area contributed by atoms with Crippen LogP contribution >= 0.6 is 0 Å². The first-order valence-corrected chi connectivity index (χ1v) is 6.42. The minimum Gasteiger partial charge on any atom is -0.396 e. The summed E-state index contributed by atoms with van der Waals surface area (Å²) in [6.07, 6.45) is 2.56. The lowest BCUT2D eigenvalue weighted by atomic mass is 10.3. The van der Waals surface area contributed by atoms with Gasteiger partial charge in [0.25, 0.3) is 5.91 Å². The van der Waals surface area contributed by atoms with Crippen molar-refractivity contribution in [2.75, 3.05) is 39.0 Å². The van der Waals surface area contributed by atoms with Gasteiger partial charge in [0, 0.05) is 26.2 Å². The predicted molar refractivity (Wildman–Crippen MR) is 70.3 cm³/mol. The number of carbonyl (C=O) groups excluding carboxylic acids is 1. The number of rotatable bonds is 2. The molecule has 1 fully saturated rings. The maximum Gasteiger partial charge on any atom is 0.274 e. The van der Waals surface area contributed by atoms with Crippen molar-refractivity contribution in [3.63, 3.8) is 0 Å². The van der Waals surface area contributed by atoms with Gasteiger partial charge in [-0.3, -0.25) is 9.48 Å². The summed E-state index contributed by atoms with van der Waals surface area (Å²) in [5.41, 5.74) is 6.85. The Morgan fingerprint density at radius 3 is 2.89 bits per heavy atom. The van der Waals surface area contributed by atoms with Crippen LogP contribution in [0.15, 0.2) is 6.20 Å². The first kappa shape index (κ1) is 12.9. The zero-order valence-corrected chi connectivity index (χ0v) is 11.1. The number of nitrogens with two attached hydrogens (primary N) is 1. The summed E-state index contributed by atoms with van der Waals surface area (Å²) >= 11 is 0. The van der Waals surface area contributed by atoms with Gasteiger partial charge in [0.15, 0.2) is 0 Å². The van der Waals surface area contributed by atoms with Crippen molar-refractivity contribution in [1.82, 2.24) is 19.6 Å². The third-order valence-corrected chi connectivity index (χ3v) is 3.38. The van der Waals surface area contributed by atoms with Gasteiger partial charge in [-0.05, 0) is 26.9 Å². The van der Waals surface area contributed by atoms with Gasteiger partial charge >= 0.3 is 0 Å². The summed E-state index contributed by atoms with van der Waals surface area (Å²) in [4.78, 5) is 16.6. The molecule has 1 aliphatic heterocycles. The Labute approximate surface area is 107 Å². The molecule has 0 saturated carbocycles. The maximum absolute atomic E-state index is 12.5. The molecule has 0 atom stereocenters. The van der Waals surface area contributed by atoms with Crippen molar-refractivity contribution in [1.29, 1.82) is 0 Å². The molecule has 2 N–H and O–H groups in total. The highest BCUT2D eigenvalue weighted by molar-refractivity contribution is 5.97. The molecule has 100 valence electrons. The molecular formula is C12H21N5O. The van der Waals surface area contributed by atoms with E-state index in [9.17, 15) is 4.79 Å². The molecule has 1 amide bonds. The number of amides is 1. The Balaban J connectivity index is 2.17. The van der Waals surface area contributed by atoms with Gasteiger partial charge in [0.1, 0.15) is 5.69 Å². The zero-order valence-electron chi connectivity index (χ0n) is 11.1. The molecule has 18 heavy (non-hydrogen) atoms. The van der Waals surface area contributed by atoms with Crippen LogP contribution in [0.1, 0.15) is 23.8 Å². The van der Waals surface area contributed by atoms with Crippen LogP contribution in [-0.4, -0.2) is 58.7 Å². The average molecular weight is 251 g/mol. The topological polar surface area (TPSA) is 67.4 Å². The van der Waals surface area contributed by atoms with Crippen LogP contribution in [0.4, 0.5) is 5.69 Å². The van der Waals surface area contributed by atoms with Crippen molar-refractivity contribution in [3.8, 4) is 0 Å². The summed E-state index contributed by atoms with van der Waals surface area (Å²) in [5.74, 6) is 0.00199. The molecule has 1 aromatic rings. The van der Waals surface area contributed by atoms with E-state index < -0.39 is 0 Å². The highest BCUT2D eigenvalue weighted by atomic mass is 16.2. The molecule has 1 saturated heterocycles. The van der Waals surface area contributed by atoms with Crippen LogP contribution in [-0.2, 0) is 6.54 Å². The van der Waals surface area contributed by atoms with E-state index >= 15 is 0 Å². The van der Waals surface area contributed by atoms with Crippen LogP contribution in [0.25, 0.3) is 0 Å². The Hall–Kier alpha value is -1.56. The van der Waals surface area contributed by atoms with Gasteiger partial charge in [-0.1, -0.05) is 0 Å². The lowest BCUT2D eigenvalue weighted by molar-refractivity contribution is 0.0751. The van der Waals surface area contributed by atoms with Crippen molar-refractivity contribution >= 4 is 11.6 Å². The van der Waals surface area contributed by atoms with E-state index in [-0.39, 0.29) is 5.91 Å². The van der Waals surface area contributed by atoms with Gasteiger partial charge in [0.2, 0.25) is 0 Å². The number of likely N-dealkylation sites (N-methyl/N-ethyl adjacent to an activating group) is 1. The Morgan fingerprint density at radius 1 is 1.39 bits per heavy atom. The Morgan fingerprint density at radius 2 is 2.17 bits per heavy atom. The van der Waals surface area contributed by atoms with E-state index in [1.54, 1.807) is 10.9 Å². The van der Waals surface area contributed by atoms with Crippen molar-refractivity contribution in [2.24, 2.45) is 0 Å². The number of nitrogens with zero attached hydrogens (tertiary/aromatic N) is 4. The average Bonchev–Trinajstić information content (AvgIpc) is 2.59. The van der Waals surface area contributed by atoms with E-state index in [2.05, 4.69) is 17.0 Å². The van der Waals surface area contributed by atoms with Crippen LogP contribution in [0.5, 0.6) is 0 Å². The van der Waals surface area contributed by atoms with Gasteiger partial charge in [-0.2, -0.15) is 5.10 Å². The molecule has 0 aromatic carbocycles. The van der Waals surface area contributed by atoms with Gasteiger partial charge in [0.05, 0.1) is 11.9 Å². The molecule has 1 aromatic heterocycles. The minimum absolute atomic E-state index is 0.00199. The van der Waals surface area contributed by atoms with Gasteiger partial charge < -0.3 is 15.5 Å². The third-order valence-electron chi connectivity index (χ3n) is 3.38. The second-order valence-corrected chi connectivity index (χ2v) is 4.71. The maximum atomic E-state index is 12.5. The van der Waals surface area contributed by atoms with Gasteiger partial charge in [-0.25, -0.2) is 0 Å². The fourth-order valence-electron chi connectivity index (χ4n) is 2.27. The summed E-state index contributed by atoms with van der Waals surface area (Å²) < 4.78 is 1.67. The Kier molecular flexibility index (Phi) is 3.86. The van der Waals surface area contributed by atoms with Crippen molar-refractivity contribution in [3.05, 3.63) is 11.9 Å². The number of anilines is 1. The number of hydrogen-bond donors (Lipinski definition) is 1. The lowest BCUT2D eigenvalue weighted by Crippen LogP contribution is -2.36. The SMILES string of the molecule is CCn1ncc(N)c1C(=O)N1CCCN(C)CC1. The number of carbonyl (C=O) groups is 1. The Bertz CT molecular complexity index is 428. The molecule has 6 nitrogen and oxygen atoms in total. The molecule has 0 bridgehead atoms. The minimum atomic E-state index is 0.00199. The molecule has 2 heterocycles. The smallest absolute Gasteiger partial charge is 0.274 e. The zero-order chi connectivity index (χ0) is 13.1. The number of hydrogen-bond acceptors (Lipinski definition) is 4. The van der Waals surface area contributed by atoms with Crippen LogP contribution in [0.2, 0.25) is 0 Å². The van der Waals surface area contributed by atoms with Crippen molar-refractivity contribution in [2.45, 2.75) is 19.9 Å². The fourth-order valence-corrected chi connectivity index (χ4v) is 2.27.